The first-order valence-electron chi connectivity index (χ1n) is 7.11. The molecule has 1 aromatic heterocycles. The van der Waals surface area contributed by atoms with Crippen molar-refractivity contribution in [1.29, 1.82) is 0 Å². The lowest BCUT2D eigenvalue weighted by Crippen LogP contribution is -2.42. The van der Waals surface area contributed by atoms with Gasteiger partial charge in [-0.15, -0.1) is 0 Å². The monoisotopic (exact) mass is 303 g/mol. The molecule has 110 valence electrons. The number of rotatable bonds is 3. The third kappa shape index (κ3) is 3.23. The molecule has 0 unspecified atom stereocenters. The van der Waals surface area contributed by atoms with Crippen LogP contribution in [0.2, 0.25) is 5.02 Å². The van der Waals surface area contributed by atoms with Crippen LogP contribution in [0.15, 0.2) is 43.0 Å². The molecule has 0 radical (unpaired) electrons. The minimum absolute atomic E-state index is 0.643. The summed E-state index contributed by atoms with van der Waals surface area (Å²) in [6.07, 6.45) is 6.58. The van der Waals surface area contributed by atoms with Gasteiger partial charge in [-0.25, -0.2) is 9.97 Å². The van der Waals surface area contributed by atoms with Gasteiger partial charge in [0.15, 0.2) is 0 Å². The van der Waals surface area contributed by atoms with E-state index >= 15 is 0 Å². The minimum Gasteiger partial charge on any atom is -0.385 e. The van der Waals surface area contributed by atoms with E-state index in [1.54, 1.807) is 0 Å². The van der Waals surface area contributed by atoms with Crippen molar-refractivity contribution >= 4 is 11.6 Å². The third-order valence-corrected chi connectivity index (χ3v) is 4.41. The lowest BCUT2D eigenvalue weighted by atomic mass is 9.84. The van der Waals surface area contributed by atoms with Gasteiger partial charge in [-0.1, -0.05) is 29.8 Å². The van der Waals surface area contributed by atoms with E-state index in [0.717, 1.165) is 30.8 Å². The van der Waals surface area contributed by atoms with Crippen LogP contribution in [0.5, 0.6) is 0 Å². The lowest BCUT2D eigenvalue weighted by molar-refractivity contribution is -0.0276. The van der Waals surface area contributed by atoms with E-state index in [2.05, 4.69) is 14.9 Å². The van der Waals surface area contributed by atoms with Crippen molar-refractivity contribution in [2.45, 2.75) is 25.0 Å². The van der Waals surface area contributed by atoms with Gasteiger partial charge in [0.1, 0.15) is 6.33 Å². The molecule has 0 amide bonds. The smallest absolute Gasteiger partial charge is 0.115 e. The molecule has 2 aromatic rings. The van der Waals surface area contributed by atoms with Crippen LogP contribution in [0.4, 0.5) is 0 Å². The minimum atomic E-state index is -0.817. The van der Waals surface area contributed by atoms with Crippen molar-refractivity contribution in [2.24, 2.45) is 0 Å². The Balaban J connectivity index is 1.66. The molecular weight excluding hydrogens is 286 g/mol. The second-order valence-corrected chi connectivity index (χ2v) is 5.94. The van der Waals surface area contributed by atoms with Crippen LogP contribution in [-0.2, 0) is 12.1 Å². The summed E-state index contributed by atoms with van der Waals surface area (Å²) in [6, 6.07) is 7.57. The standard InChI is InChI=1S/C16H18ClN3O/c17-15-4-2-1-3-14(15)16(21)5-7-20(8-6-16)11-13-9-18-12-19-10-13/h1-4,9-10,12,21H,5-8,11H2. The topological polar surface area (TPSA) is 49.2 Å². The van der Waals surface area contributed by atoms with Crippen LogP contribution >= 0.6 is 11.6 Å². The van der Waals surface area contributed by atoms with Crippen LogP contribution < -0.4 is 0 Å². The largest absolute Gasteiger partial charge is 0.385 e. The number of benzene rings is 1. The van der Waals surface area contributed by atoms with E-state index in [1.807, 2.05) is 36.7 Å². The summed E-state index contributed by atoms with van der Waals surface area (Å²) in [5.41, 5.74) is 1.12. The number of aliphatic hydroxyl groups is 1. The highest BCUT2D eigenvalue weighted by molar-refractivity contribution is 6.31. The molecule has 0 atom stereocenters. The van der Waals surface area contributed by atoms with Gasteiger partial charge in [0.25, 0.3) is 0 Å². The highest BCUT2D eigenvalue weighted by Crippen LogP contribution is 2.36. The predicted molar refractivity (Wildman–Crippen MR) is 81.9 cm³/mol. The Labute approximate surface area is 129 Å². The second kappa shape index (κ2) is 6.10. The van der Waals surface area contributed by atoms with Gasteiger partial charge in [0.05, 0.1) is 5.60 Å². The molecule has 1 N–H and O–H groups in total. The van der Waals surface area contributed by atoms with Crippen LogP contribution in [0.3, 0.4) is 0 Å². The Morgan fingerprint density at radius 2 is 1.81 bits per heavy atom. The number of likely N-dealkylation sites (tertiary alicyclic amines) is 1. The molecule has 0 saturated carbocycles. The Kier molecular flexibility index (Phi) is 4.19. The average Bonchev–Trinajstić information content (AvgIpc) is 2.51. The molecule has 1 saturated heterocycles. The van der Waals surface area contributed by atoms with Gasteiger partial charge >= 0.3 is 0 Å². The Morgan fingerprint density at radius 3 is 2.48 bits per heavy atom. The third-order valence-electron chi connectivity index (χ3n) is 4.08. The molecule has 1 fully saturated rings. The Morgan fingerprint density at radius 1 is 1.14 bits per heavy atom. The fourth-order valence-corrected chi connectivity index (χ4v) is 3.17. The molecule has 21 heavy (non-hydrogen) atoms. The van der Waals surface area contributed by atoms with E-state index in [0.29, 0.717) is 17.9 Å². The summed E-state index contributed by atoms with van der Waals surface area (Å²) in [4.78, 5) is 10.4. The molecular formula is C16H18ClN3O. The summed E-state index contributed by atoms with van der Waals surface area (Å²) in [5.74, 6) is 0. The molecule has 4 nitrogen and oxygen atoms in total. The predicted octanol–water partition coefficient (Wildman–Crippen LogP) is 2.61. The van der Waals surface area contributed by atoms with Crippen molar-refractivity contribution in [3.05, 3.63) is 59.1 Å². The molecule has 0 aliphatic carbocycles. The van der Waals surface area contributed by atoms with Crippen LogP contribution in [-0.4, -0.2) is 33.1 Å². The summed E-state index contributed by atoms with van der Waals surface area (Å²) in [5, 5.41) is 11.5. The maximum atomic E-state index is 10.9. The number of piperidine rings is 1. The Hall–Kier alpha value is -1.49. The van der Waals surface area contributed by atoms with E-state index in [1.165, 1.54) is 6.33 Å². The second-order valence-electron chi connectivity index (χ2n) is 5.53. The van der Waals surface area contributed by atoms with Gasteiger partial charge < -0.3 is 5.11 Å². The van der Waals surface area contributed by atoms with Crippen molar-refractivity contribution in [3.8, 4) is 0 Å². The first-order chi connectivity index (χ1) is 10.2. The average molecular weight is 304 g/mol. The molecule has 1 aliphatic rings. The number of hydrogen-bond acceptors (Lipinski definition) is 4. The normalized spacial score (nSPS) is 18.6. The van der Waals surface area contributed by atoms with Gasteiger partial charge in [0, 0.05) is 48.2 Å². The van der Waals surface area contributed by atoms with Crippen LogP contribution in [0.25, 0.3) is 0 Å². The fourth-order valence-electron chi connectivity index (χ4n) is 2.86. The first-order valence-corrected chi connectivity index (χ1v) is 7.49. The summed E-state index contributed by atoms with van der Waals surface area (Å²) < 4.78 is 0. The zero-order valence-electron chi connectivity index (χ0n) is 11.7. The van der Waals surface area contributed by atoms with Crippen LogP contribution in [0, 0.1) is 0 Å². The van der Waals surface area contributed by atoms with Crippen molar-refractivity contribution < 1.29 is 5.11 Å². The van der Waals surface area contributed by atoms with E-state index in [9.17, 15) is 5.11 Å². The molecule has 1 aromatic carbocycles. The number of halogens is 1. The molecule has 3 rings (SSSR count). The first kappa shape index (κ1) is 14.4. The number of aromatic nitrogens is 2. The maximum absolute atomic E-state index is 10.9. The lowest BCUT2D eigenvalue weighted by Gasteiger charge is -2.38. The van der Waals surface area contributed by atoms with E-state index < -0.39 is 5.60 Å². The quantitative estimate of drug-likeness (QED) is 0.947. The molecule has 5 heteroatoms. The van der Waals surface area contributed by atoms with Crippen molar-refractivity contribution in [2.75, 3.05) is 13.1 Å². The molecule has 0 bridgehead atoms. The molecule has 0 spiro atoms. The molecule has 2 heterocycles. The fraction of sp³-hybridized carbons (Fsp3) is 0.375. The van der Waals surface area contributed by atoms with E-state index in [-0.39, 0.29) is 0 Å². The SMILES string of the molecule is OC1(c2ccccc2Cl)CCN(Cc2cncnc2)CC1. The zero-order valence-corrected chi connectivity index (χ0v) is 12.5. The maximum Gasteiger partial charge on any atom is 0.115 e. The summed E-state index contributed by atoms with van der Waals surface area (Å²) >= 11 is 6.22. The van der Waals surface area contributed by atoms with Gasteiger partial charge in [-0.2, -0.15) is 0 Å². The summed E-state index contributed by atoms with van der Waals surface area (Å²) in [7, 11) is 0. The zero-order chi connectivity index (χ0) is 14.7. The Bertz CT molecular complexity index is 597. The van der Waals surface area contributed by atoms with Crippen molar-refractivity contribution in [1.82, 2.24) is 14.9 Å². The highest BCUT2D eigenvalue weighted by Gasteiger charge is 2.35. The van der Waals surface area contributed by atoms with Crippen LogP contribution in [0.1, 0.15) is 24.0 Å². The van der Waals surface area contributed by atoms with Gasteiger partial charge in [-0.3, -0.25) is 4.90 Å². The van der Waals surface area contributed by atoms with E-state index in [4.69, 9.17) is 11.6 Å². The van der Waals surface area contributed by atoms with Gasteiger partial charge in [-0.05, 0) is 18.9 Å². The summed E-state index contributed by atoms with van der Waals surface area (Å²) in [6.45, 7) is 2.48. The molecule has 1 aliphatic heterocycles. The highest BCUT2D eigenvalue weighted by atomic mass is 35.5. The van der Waals surface area contributed by atoms with Crippen molar-refractivity contribution in [3.63, 3.8) is 0 Å². The number of nitrogens with zero attached hydrogens (tertiary/aromatic N) is 3. The van der Waals surface area contributed by atoms with Gasteiger partial charge in [0.2, 0.25) is 0 Å². The number of hydrogen-bond donors (Lipinski definition) is 1.